The van der Waals surface area contributed by atoms with Gasteiger partial charge in [-0.25, -0.2) is 4.79 Å². The molecule has 0 bridgehead atoms. The molecule has 0 unspecified atom stereocenters. The van der Waals surface area contributed by atoms with E-state index in [4.69, 9.17) is 0 Å². The van der Waals surface area contributed by atoms with Crippen molar-refractivity contribution in [1.29, 1.82) is 0 Å². The van der Waals surface area contributed by atoms with Gasteiger partial charge in [0.25, 0.3) is 0 Å². The Labute approximate surface area is 110 Å². The van der Waals surface area contributed by atoms with Gasteiger partial charge >= 0.3 is 5.69 Å². The van der Waals surface area contributed by atoms with Crippen LogP contribution in [-0.4, -0.2) is 21.2 Å². The van der Waals surface area contributed by atoms with Crippen LogP contribution in [0.25, 0.3) is 0 Å². The molecule has 0 aromatic carbocycles. The molecule has 1 heterocycles. The first-order chi connectivity index (χ1) is 8.31. The van der Waals surface area contributed by atoms with Crippen LogP contribution in [0.15, 0.2) is 17.2 Å². The van der Waals surface area contributed by atoms with Crippen molar-refractivity contribution in [2.24, 2.45) is 0 Å². The van der Waals surface area contributed by atoms with Gasteiger partial charge < -0.3 is 5.32 Å². The number of nitrogens with one attached hydrogen (secondary N) is 1. The molecular formula is C14H27N3O. The summed E-state index contributed by atoms with van der Waals surface area (Å²) in [6, 6.07) is 0.237. The van der Waals surface area contributed by atoms with E-state index in [-0.39, 0.29) is 17.3 Å². The Morgan fingerprint density at radius 3 is 2.39 bits per heavy atom. The van der Waals surface area contributed by atoms with Gasteiger partial charge in [0.05, 0.1) is 0 Å². The van der Waals surface area contributed by atoms with Gasteiger partial charge in [-0.05, 0) is 54.0 Å². The summed E-state index contributed by atoms with van der Waals surface area (Å²) < 4.78 is 3.57. The summed E-state index contributed by atoms with van der Waals surface area (Å²) in [7, 11) is 0. The number of hydrogen-bond donors (Lipinski definition) is 1. The fourth-order valence-electron chi connectivity index (χ4n) is 1.86. The first kappa shape index (κ1) is 15.0. The Hall–Kier alpha value is -1.03. The lowest BCUT2D eigenvalue weighted by Crippen LogP contribution is -2.36. The summed E-state index contributed by atoms with van der Waals surface area (Å²) in [5, 5.41) is 3.45. The van der Waals surface area contributed by atoms with Gasteiger partial charge in [-0.15, -0.1) is 0 Å². The topological polar surface area (TPSA) is 39.0 Å². The third kappa shape index (κ3) is 4.69. The predicted molar refractivity (Wildman–Crippen MR) is 76.1 cm³/mol. The molecule has 0 spiro atoms. The highest BCUT2D eigenvalue weighted by Gasteiger charge is 2.08. The predicted octanol–water partition coefficient (Wildman–Crippen LogP) is 2.40. The van der Waals surface area contributed by atoms with Crippen LogP contribution in [0.2, 0.25) is 0 Å². The van der Waals surface area contributed by atoms with Crippen LogP contribution in [0.1, 0.15) is 53.5 Å². The van der Waals surface area contributed by atoms with Crippen molar-refractivity contribution in [2.45, 2.75) is 65.6 Å². The molecule has 0 atom stereocenters. The third-order valence-corrected chi connectivity index (χ3v) is 2.91. The van der Waals surface area contributed by atoms with E-state index in [1.807, 2.05) is 26.2 Å². The van der Waals surface area contributed by atoms with E-state index < -0.39 is 0 Å². The van der Waals surface area contributed by atoms with Crippen molar-refractivity contribution in [2.75, 3.05) is 6.54 Å². The van der Waals surface area contributed by atoms with Crippen LogP contribution in [0.3, 0.4) is 0 Å². The number of aromatic nitrogens is 2. The zero-order valence-corrected chi connectivity index (χ0v) is 12.4. The highest BCUT2D eigenvalue weighted by atomic mass is 16.1. The van der Waals surface area contributed by atoms with Crippen molar-refractivity contribution < 1.29 is 0 Å². The fourth-order valence-corrected chi connectivity index (χ4v) is 1.86. The standard InChI is InChI=1S/C14H27N3O/c1-12(2)17-11-10-16(13(17)18)9-7-6-8-15-14(3,4)5/h10-12,15H,6-9H2,1-5H3. The first-order valence-corrected chi connectivity index (χ1v) is 6.83. The largest absolute Gasteiger partial charge is 0.328 e. The molecule has 4 heteroatoms. The summed E-state index contributed by atoms with van der Waals surface area (Å²) in [5.41, 5.74) is 0.284. The summed E-state index contributed by atoms with van der Waals surface area (Å²) >= 11 is 0. The SMILES string of the molecule is CC(C)n1ccn(CCCCNC(C)(C)C)c1=O. The van der Waals surface area contributed by atoms with Gasteiger partial charge in [-0.1, -0.05) is 0 Å². The van der Waals surface area contributed by atoms with Crippen LogP contribution >= 0.6 is 0 Å². The first-order valence-electron chi connectivity index (χ1n) is 6.83. The molecule has 1 N–H and O–H groups in total. The number of unbranched alkanes of at least 4 members (excludes halogenated alkanes) is 1. The van der Waals surface area contributed by atoms with Crippen LogP contribution in [0, 0.1) is 0 Å². The molecular weight excluding hydrogens is 226 g/mol. The maximum Gasteiger partial charge on any atom is 0.328 e. The summed E-state index contributed by atoms with van der Waals surface area (Å²) in [6.07, 6.45) is 5.89. The minimum absolute atomic E-state index is 0.105. The van der Waals surface area contributed by atoms with Crippen LogP contribution in [0.4, 0.5) is 0 Å². The Balaban J connectivity index is 2.34. The fraction of sp³-hybridized carbons (Fsp3) is 0.786. The molecule has 0 radical (unpaired) electrons. The molecule has 0 aliphatic rings. The molecule has 0 saturated carbocycles. The molecule has 104 valence electrons. The lowest BCUT2D eigenvalue weighted by atomic mass is 10.1. The normalized spacial score (nSPS) is 12.3. The van der Waals surface area contributed by atoms with E-state index in [1.54, 1.807) is 9.13 Å². The van der Waals surface area contributed by atoms with E-state index in [2.05, 4.69) is 26.1 Å². The van der Waals surface area contributed by atoms with Gasteiger partial charge in [0.1, 0.15) is 0 Å². The van der Waals surface area contributed by atoms with Gasteiger partial charge in [0, 0.05) is 30.5 Å². The zero-order chi connectivity index (χ0) is 13.8. The van der Waals surface area contributed by atoms with Crippen molar-refractivity contribution in [1.82, 2.24) is 14.5 Å². The highest BCUT2D eigenvalue weighted by molar-refractivity contribution is 4.83. The lowest BCUT2D eigenvalue weighted by Gasteiger charge is -2.20. The van der Waals surface area contributed by atoms with Crippen LogP contribution in [0.5, 0.6) is 0 Å². The van der Waals surface area contributed by atoms with Crippen LogP contribution < -0.4 is 11.0 Å². The third-order valence-electron chi connectivity index (χ3n) is 2.91. The monoisotopic (exact) mass is 253 g/mol. The van der Waals surface area contributed by atoms with Gasteiger partial charge in [-0.3, -0.25) is 9.13 Å². The van der Waals surface area contributed by atoms with Gasteiger partial charge in [-0.2, -0.15) is 0 Å². The second-order valence-corrected chi connectivity index (χ2v) is 6.16. The molecule has 0 aliphatic carbocycles. The Morgan fingerprint density at radius 1 is 1.22 bits per heavy atom. The minimum atomic E-state index is 0.105. The summed E-state index contributed by atoms with van der Waals surface area (Å²) in [4.78, 5) is 11.9. The van der Waals surface area contributed by atoms with Crippen molar-refractivity contribution in [3.8, 4) is 0 Å². The maximum absolute atomic E-state index is 11.9. The van der Waals surface area contributed by atoms with Crippen molar-refractivity contribution in [3.63, 3.8) is 0 Å². The quantitative estimate of drug-likeness (QED) is 0.791. The highest BCUT2D eigenvalue weighted by Crippen LogP contribution is 2.02. The van der Waals surface area contributed by atoms with E-state index in [0.29, 0.717) is 0 Å². The van der Waals surface area contributed by atoms with Gasteiger partial charge in [0.2, 0.25) is 0 Å². The van der Waals surface area contributed by atoms with Crippen molar-refractivity contribution >= 4 is 0 Å². The van der Waals surface area contributed by atoms with E-state index in [1.165, 1.54) is 0 Å². The molecule has 0 aliphatic heterocycles. The maximum atomic E-state index is 11.9. The molecule has 0 saturated heterocycles. The molecule has 1 rings (SSSR count). The molecule has 1 aromatic rings. The Kier molecular flexibility index (Phi) is 5.20. The summed E-state index contributed by atoms with van der Waals surface area (Å²) in [5.74, 6) is 0. The lowest BCUT2D eigenvalue weighted by molar-refractivity contribution is 0.413. The second kappa shape index (κ2) is 6.23. The number of hydrogen-bond acceptors (Lipinski definition) is 2. The Bertz CT molecular complexity index is 409. The number of rotatable bonds is 6. The summed E-state index contributed by atoms with van der Waals surface area (Å²) in [6.45, 7) is 12.4. The average molecular weight is 253 g/mol. The second-order valence-electron chi connectivity index (χ2n) is 6.16. The molecule has 0 fully saturated rings. The van der Waals surface area contributed by atoms with E-state index in [0.717, 1.165) is 25.9 Å². The van der Waals surface area contributed by atoms with Crippen LogP contribution in [-0.2, 0) is 6.54 Å². The number of aryl methyl sites for hydroxylation is 1. The smallest absolute Gasteiger partial charge is 0.312 e. The molecule has 4 nitrogen and oxygen atoms in total. The zero-order valence-electron chi connectivity index (χ0n) is 12.4. The minimum Gasteiger partial charge on any atom is -0.312 e. The molecule has 1 aromatic heterocycles. The molecule has 0 amide bonds. The van der Waals surface area contributed by atoms with E-state index >= 15 is 0 Å². The number of nitrogens with zero attached hydrogens (tertiary/aromatic N) is 2. The Morgan fingerprint density at radius 2 is 1.89 bits per heavy atom. The molecule has 18 heavy (non-hydrogen) atoms. The average Bonchev–Trinajstić information content (AvgIpc) is 2.58. The van der Waals surface area contributed by atoms with E-state index in [9.17, 15) is 4.79 Å². The number of imidazole rings is 1. The van der Waals surface area contributed by atoms with Gasteiger partial charge in [0.15, 0.2) is 0 Å². The van der Waals surface area contributed by atoms with Crippen molar-refractivity contribution in [3.05, 3.63) is 22.9 Å².